The molecule has 4 nitrogen and oxygen atoms in total. The third kappa shape index (κ3) is 4.49. The predicted molar refractivity (Wildman–Crippen MR) is 79.5 cm³/mol. The molecule has 0 aliphatic rings. The van der Waals surface area contributed by atoms with Crippen LogP contribution >= 0.6 is 0 Å². The summed E-state index contributed by atoms with van der Waals surface area (Å²) in [6.07, 6.45) is 4.24. The molecule has 0 aliphatic carbocycles. The molecule has 0 spiro atoms. The number of methoxy groups -OCH3 is 1. The van der Waals surface area contributed by atoms with Gasteiger partial charge in [-0.15, -0.1) is 0 Å². The van der Waals surface area contributed by atoms with Gasteiger partial charge in [-0.3, -0.25) is 0 Å². The molecule has 0 unspecified atom stereocenters. The van der Waals surface area contributed by atoms with Crippen LogP contribution in [0, 0.1) is 0 Å². The Bertz CT molecular complexity index is 505. The average Bonchev–Trinajstić information content (AvgIpc) is 2.92. The van der Waals surface area contributed by atoms with Gasteiger partial charge in [0.05, 0.1) is 13.2 Å². The fraction of sp³-hybridized carbons (Fsp3) is 0.375. The Labute approximate surface area is 120 Å². The van der Waals surface area contributed by atoms with Crippen LogP contribution in [0.2, 0.25) is 0 Å². The van der Waals surface area contributed by atoms with Crippen molar-refractivity contribution in [2.75, 3.05) is 20.3 Å². The molecule has 2 aromatic rings. The van der Waals surface area contributed by atoms with E-state index < -0.39 is 0 Å². The summed E-state index contributed by atoms with van der Waals surface area (Å²) in [6.45, 7) is 3.41. The van der Waals surface area contributed by atoms with Gasteiger partial charge in [-0.1, -0.05) is 24.3 Å². The van der Waals surface area contributed by atoms with Gasteiger partial charge < -0.3 is 19.7 Å². The van der Waals surface area contributed by atoms with Gasteiger partial charge in [0, 0.05) is 39.1 Å². The molecule has 0 fully saturated rings. The van der Waals surface area contributed by atoms with Crippen LogP contribution in [0.4, 0.5) is 0 Å². The van der Waals surface area contributed by atoms with Gasteiger partial charge >= 0.3 is 0 Å². The lowest BCUT2D eigenvalue weighted by molar-refractivity contribution is 0.199. The van der Waals surface area contributed by atoms with Crippen molar-refractivity contribution in [2.24, 2.45) is 0 Å². The van der Waals surface area contributed by atoms with Crippen LogP contribution in [-0.4, -0.2) is 29.9 Å². The van der Waals surface area contributed by atoms with Crippen LogP contribution in [0.1, 0.15) is 16.7 Å². The monoisotopic (exact) mass is 274 g/mol. The second kappa shape index (κ2) is 7.85. The Morgan fingerprint density at radius 3 is 2.55 bits per heavy atom. The fourth-order valence-electron chi connectivity index (χ4n) is 2.06. The third-order valence-corrected chi connectivity index (χ3v) is 3.19. The van der Waals surface area contributed by atoms with E-state index in [0.717, 1.165) is 31.8 Å². The SMILES string of the molecule is COCCNCc1ccn(Cc2ccc(CO)cc2)c1. The molecule has 4 heteroatoms. The Kier molecular flexibility index (Phi) is 5.80. The zero-order chi connectivity index (χ0) is 14.2. The van der Waals surface area contributed by atoms with Crippen molar-refractivity contribution in [1.82, 2.24) is 9.88 Å². The van der Waals surface area contributed by atoms with Crippen LogP contribution < -0.4 is 5.32 Å². The van der Waals surface area contributed by atoms with Crippen molar-refractivity contribution in [3.05, 3.63) is 59.4 Å². The second-order valence-corrected chi connectivity index (χ2v) is 4.84. The lowest BCUT2D eigenvalue weighted by Gasteiger charge is -2.05. The maximum Gasteiger partial charge on any atom is 0.0681 e. The van der Waals surface area contributed by atoms with Crippen molar-refractivity contribution in [3.8, 4) is 0 Å². The number of aromatic nitrogens is 1. The minimum Gasteiger partial charge on any atom is -0.392 e. The van der Waals surface area contributed by atoms with Crippen LogP contribution in [-0.2, 0) is 24.4 Å². The molecule has 2 rings (SSSR count). The van der Waals surface area contributed by atoms with E-state index in [0.29, 0.717) is 0 Å². The first-order chi connectivity index (χ1) is 9.81. The van der Waals surface area contributed by atoms with Crippen LogP contribution in [0.3, 0.4) is 0 Å². The summed E-state index contributed by atoms with van der Waals surface area (Å²) in [5.41, 5.74) is 3.45. The maximum atomic E-state index is 9.02. The molecule has 20 heavy (non-hydrogen) atoms. The third-order valence-electron chi connectivity index (χ3n) is 3.19. The Morgan fingerprint density at radius 1 is 1.10 bits per heavy atom. The molecule has 0 atom stereocenters. The maximum absolute atomic E-state index is 9.02. The summed E-state index contributed by atoms with van der Waals surface area (Å²) in [6, 6.07) is 10.2. The van der Waals surface area contributed by atoms with Gasteiger partial charge in [0.25, 0.3) is 0 Å². The van der Waals surface area contributed by atoms with Gasteiger partial charge in [-0.2, -0.15) is 0 Å². The molecule has 0 aliphatic heterocycles. The number of nitrogens with one attached hydrogen (secondary N) is 1. The van der Waals surface area contributed by atoms with E-state index in [2.05, 4.69) is 40.5 Å². The highest BCUT2D eigenvalue weighted by Crippen LogP contribution is 2.08. The van der Waals surface area contributed by atoms with E-state index in [4.69, 9.17) is 9.84 Å². The highest BCUT2D eigenvalue weighted by Gasteiger charge is 1.99. The van der Waals surface area contributed by atoms with Crippen molar-refractivity contribution < 1.29 is 9.84 Å². The van der Waals surface area contributed by atoms with Gasteiger partial charge in [0.2, 0.25) is 0 Å². The molecule has 1 aromatic heterocycles. The standard InChI is InChI=1S/C16H22N2O2/c1-20-9-7-17-10-16-6-8-18(12-16)11-14-2-4-15(13-19)5-3-14/h2-6,8,12,17,19H,7,9-11,13H2,1H3. The van der Waals surface area contributed by atoms with Crippen LogP contribution in [0.5, 0.6) is 0 Å². The van der Waals surface area contributed by atoms with Crippen LogP contribution in [0.25, 0.3) is 0 Å². The average molecular weight is 274 g/mol. The number of ether oxygens (including phenoxy) is 1. The molecular weight excluding hydrogens is 252 g/mol. The number of hydrogen-bond acceptors (Lipinski definition) is 3. The summed E-state index contributed by atoms with van der Waals surface area (Å²) in [4.78, 5) is 0. The Hall–Kier alpha value is -1.62. The Balaban J connectivity index is 1.85. The topological polar surface area (TPSA) is 46.4 Å². The molecule has 1 heterocycles. The van der Waals surface area contributed by atoms with Crippen molar-refractivity contribution in [2.45, 2.75) is 19.7 Å². The van der Waals surface area contributed by atoms with Crippen LogP contribution in [0.15, 0.2) is 42.7 Å². The highest BCUT2D eigenvalue weighted by molar-refractivity contribution is 5.23. The largest absolute Gasteiger partial charge is 0.392 e. The minimum atomic E-state index is 0.0983. The smallest absolute Gasteiger partial charge is 0.0681 e. The summed E-state index contributed by atoms with van der Waals surface area (Å²) in [7, 11) is 1.71. The van der Waals surface area contributed by atoms with Gasteiger partial charge in [0.15, 0.2) is 0 Å². The van der Waals surface area contributed by atoms with Crippen molar-refractivity contribution in [1.29, 1.82) is 0 Å². The number of rotatable bonds is 8. The van der Waals surface area contributed by atoms with E-state index in [1.54, 1.807) is 7.11 Å². The van der Waals surface area contributed by atoms with Gasteiger partial charge in [-0.05, 0) is 22.8 Å². The van der Waals surface area contributed by atoms with Gasteiger partial charge in [-0.25, -0.2) is 0 Å². The molecular formula is C16H22N2O2. The second-order valence-electron chi connectivity index (χ2n) is 4.84. The molecule has 0 amide bonds. The van der Waals surface area contributed by atoms with E-state index in [1.807, 2.05) is 12.1 Å². The van der Waals surface area contributed by atoms with E-state index in [-0.39, 0.29) is 6.61 Å². The quantitative estimate of drug-likeness (QED) is 0.721. The lowest BCUT2D eigenvalue weighted by Crippen LogP contribution is -2.18. The summed E-state index contributed by atoms with van der Waals surface area (Å²) in [5, 5.41) is 12.3. The first kappa shape index (κ1) is 14.8. The molecule has 2 N–H and O–H groups in total. The van der Waals surface area contributed by atoms with E-state index in [1.165, 1.54) is 11.1 Å². The summed E-state index contributed by atoms with van der Waals surface area (Å²) >= 11 is 0. The normalized spacial score (nSPS) is 10.9. The zero-order valence-corrected chi connectivity index (χ0v) is 11.9. The summed E-state index contributed by atoms with van der Waals surface area (Å²) < 4.78 is 7.17. The highest BCUT2D eigenvalue weighted by atomic mass is 16.5. The predicted octanol–water partition coefficient (Wildman–Crippen LogP) is 1.76. The van der Waals surface area contributed by atoms with Crippen molar-refractivity contribution >= 4 is 0 Å². The number of aliphatic hydroxyl groups is 1. The van der Waals surface area contributed by atoms with E-state index in [9.17, 15) is 0 Å². The van der Waals surface area contributed by atoms with E-state index >= 15 is 0 Å². The van der Waals surface area contributed by atoms with Gasteiger partial charge in [0.1, 0.15) is 0 Å². The number of nitrogens with zero attached hydrogens (tertiary/aromatic N) is 1. The molecule has 1 aromatic carbocycles. The number of hydrogen-bond donors (Lipinski definition) is 2. The molecule has 0 saturated heterocycles. The molecule has 108 valence electrons. The molecule has 0 bridgehead atoms. The Morgan fingerprint density at radius 2 is 1.85 bits per heavy atom. The molecule has 0 saturated carbocycles. The first-order valence-electron chi connectivity index (χ1n) is 6.85. The zero-order valence-electron chi connectivity index (χ0n) is 11.9. The first-order valence-corrected chi connectivity index (χ1v) is 6.85. The fourth-order valence-corrected chi connectivity index (χ4v) is 2.06. The lowest BCUT2D eigenvalue weighted by atomic mass is 10.1. The number of aliphatic hydroxyl groups excluding tert-OH is 1. The summed E-state index contributed by atoms with van der Waals surface area (Å²) in [5.74, 6) is 0. The number of benzene rings is 1. The minimum absolute atomic E-state index is 0.0983. The van der Waals surface area contributed by atoms with Crippen molar-refractivity contribution in [3.63, 3.8) is 0 Å². The molecule has 0 radical (unpaired) electrons.